The summed E-state index contributed by atoms with van der Waals surface area (Å²) in [5.74, 6) is -6.73. The number of carbonyl (C=O) groups is 4. The third-order valence-corrected chi connectivity index (χ3v) is 6.61. The molecule has 4 N–H and O–H groups in total. The van der Waals surface area contributed by atoms with Crippen molar-refractivity contribution in [3.05, 3.63) is 57.8 Å². The lowest BCUT2D eigenvalue weighted by Crippen LogP contribution is -2.31. The van der Waals surface area contributed by atoms with Crippen LogP contribution in [0.5, 0.6) is 11.5 Å². The molecule has 0 unspecified atom stereocenters. The Morgan fingerprint density at radius 2 is 1.67 bits per heavy atom. The standard InChI is InChI=1S/C22H18N2O11S/c1-35-22(31)11-8-24(6-7-25)21(30)14(11)23-15-12-13(18(28)20(19(15)29)36(32,33)34)17(27)10-5-3-2-4-9(10)16(12)26/h2-5,23,25,28-29H,6-8H2,1H3,(H,32,33,34)/p-1. The number of phenolic OH excluding ortho intramolecular Hbond substituents is 2. The van der Waals surface area contributed by atoms with Crippen molar-refractivity contribution in [1.82, 2.24) is 4.90 Å². The second kappa shape index (κ2) is 8.75. The molecule has 0 atom stereocenters. The lowest BCUT2D eigenvalue weighted by atomic mass is 9.82. The van der Waals surface area contributed by atoms with E-state index in [0.29, 0.717) is 0 Å². The van der Waals surface area contributed by atoms with Gasteiger partial charge in [-0.1, -0.05) is 24.3 Å². The molecule has 2 aliphatic rings. The van der Waals surface area contributed by atoms with Crippen LogP contribution in [0.4, 0.5) is 5.69 Å². The van der Waals surface area contributed by atoms with Crippen LogP contribution in [0.15, 0.2) is 40.4 Å². The fraction of sp³-hybridized carbons (Fsp3) is 0.182. The van der Waals surface area contributed by atoms with Gasteiger partial charge in [0.05, 0.1) is 42.6 Å². The summed E-state index contributed by atoms with van der Waals surface area (Å²) in [7, 11) is -4.61. The van der Waals surface area contributed by atoms with Crippen LogP contribution in [0.3, 0.4) is 0 Å². The number of anilines is 1. The zero-order valence-electron chi connectivity index (χ0n) is 18.4. The van der Waals surface area contributed by atoms with Gasteiger partial charge in [0.25, 0.3) is 5.91 Å². The third-order valence-electron chi connectivity index (χ3n) is 5.73. The molecule has 1 aliphatic heterocycles. The van der Waals surface area contributed by atoms with Crippen molar-refractivity contribution >= 4 is 39.2 Å². The molecule has 0 saturated heterocycles. The van der Waals surface area contributed by atoms with Gasteiger partial charge in [0.15, 0.2) is 17.3 Å². The first-order valence-electron chi connectivity index (χ1n) is 10.2. The zero-order valence-corrected chi connectivity index (χ0v) is 19.2. The van der Waals surface area contributed by atoms with Gasteiger partial charge in [-0.25, -0.2) is 13.2 Å². The lowest BCUT2D eigenvalue weighted by molar-refractivity contribution is -0.136. The van der Waals surface area contributed by atoms with Crippen molar-refractivity contribution in [2.24, 2.45) is 0 Å². The first-order chi connectivity index (χ1) is 16.9. The van der Waals surface area contributed by atoms with Crippen LogP contribution in [0.2, 0.25) is 0 Å². The molecule has 188 valence electrons. The largest absolute Gasteiger partial charge is 0.744 e. The van der Waals surface area contributed by atoms with Crippen LogP contribution >= 0.6 is 0 Å². The molecule has 1 heterocycles. The fourth-order valence-corrected chi connectivity index (χ4v) is 4.81. The minimum absolute atomic E-state index is 0.156. The molecule has 13 nitrogen and oxygen atoms in total. The highest BCUT2D eigenvalue weighted by Gasteiger charge is 2.41. The summed E-state index contributed by atoms with van der Waals surface area (Å²) in [6.07, 6.45) is 0. The van der Waals surface area contributed by atoms with E-state index in [4.69, 9.17) is 0 Å². The Hall–Kier alpha value is -4.27. The molecule has 0 aromatic heterocycles. The van der Waals surface area contributed by atoms with E-state index in [1.165, 1.54) is 24.3 Å². The number of aliphatic hydroxyl groups is 1. The van der Waals surface area contributed by atoms with Crippen LogP contribution in [-0.4, -0.2) is 83.4 Å². The number of aliphatic hydroxyl groups excluding tert-OH is 1. The fourth-order valence-electron chi connectivity index (χ4n) is 4.13. The van der Waals surface area contributed by atoms with Crippen molar-refractivity contribution in [2.75, 3.05) is 32.1 Å². The third kappa shape index (κ3) is 3.67. The highest BCUT2D eigenvalue weighted by Crippen LogP contribution is 2.48. The van der Waals surface area contributed by atoms with Crippen LogP contribution < -0.4 is 5.32 Å². The normalized spacial score (nSPS) is 15.2. The Morgan fingerprint density at radius 1 is 1.08 bits per heavy atom. The number of nitrogens with zero attached hydrogens (tertiary/aromatic N) is 1. The van der Waals surface area contributed by atoms with Crippen molar-refractivity contribution in [3.8, 4) is 11.5 Å². The van der Waals surface area contributed by atoms with E-state index in [1.807, 2.05) is 0 Å². The number of benzene rings is 2. The van der Waals surface area contributed by atoms with Gasteiger partial charge in [0, 0.05) is 17.7 Å². The predicted molar refractivity (Wildman–Crippen MR) is 117 cm³/mol. The number of β-amino-alcohol motifs (C(OH)–C–C–N with tert-alkyl or cyclic N) is 1. The smallest absolute Gasteiger partial charge is 0.337 e. The molecule has 1 aliphatic carbocycles. The Bertz CT molecular complexity index is 1510. The van der Waals surface area contributed by atoms with E-state index < -0.39 is 79.1 Å². The number of hydrogen-bond acceptors (Lipinski definition) is 12. The Balaban J connectivity index is 2.04. The van der Waals surface area contributed by atoms with Crippen LogP contribution in [0.25, 0.3) is 0 Å². The number of aromatic hydroxyl groups is 2. The van der Waals surface area contributed by atoms with Crippen LogP contribution in [-0.2, 0) is 24.4 Å². The van der Waals surface area contributed by atoms with Crippen molar-refractivity contribution < 1.29 is 52.2 Å². The minimum Gasteiger partial charge on any atom is -0.744 e. The maximum atomic E-state index is 13.4. The molecule has 0 bridgehead atoms. The average molecular weight is 517 g/mol. The molecule has 36 heavy (non-hydrogen) atoms. The van der Waals surface area contributed by atoms with E-state index in [-0.39, 0.29) is 29.8 Å². The van der Waals surface area contributed by atoms with Gasteiger partial charge < -0.3 is 34.8 Å². The van der Waals surface area contributed by atoms with Gasteiger partial charge in [0.2, 0.25) is 0 Å². The highest BCUT2D eigenvalue weighted by atomic mass is 32.2. The van der Waals surface area contributed by atoms with Crippen molar-refractivity contribution in [1.29, 1.82) is 0 Å². The van der Waals surface area contributed by atoms with Gasteiger partial charge in [-0.15, -0.1) is 0 Å². The number of amides is 1. The highest BCUT2D eigenvalue weighted by molar-refractivity contribution is 7.86. The van der Waals surface area contributed by atoms with Crippen molar-refractivity contribution in [2.45, 2.75) is 4.90 Å². The van der Waals surface area contributed by atoms with E-state index in [0.717, 1.165) is 12.0 Å². The van der Waals surface area contributed by atoms with Gasteiger partial charge in [-0.3, -0.25) is 14.4 Å². The van der Waals surface area contributed by atoms with E-state index >= 15 is 0 Å². The number of carbonyl (C=O) groups excluding carboxylic acids is 4. The number of methoxy groups -OCH3 is 1. The number of hydrogen-bond donors (Lipinski definition) is 4. The molecular weight excluding hydrogens is 500 g/mol. The summed E-state index contributed by atoms with van der Waals surface area (Å²) in [4.78, 5) is 51.2. The molecule has 4 rings (SSSR count). The Kier molecular flexibility index (Phi) is 6.03. The maximum absolute atomic E-state index is 13.4. The topological polar surface area (TPSA) is 211 Å². The average Bonchev–Trinajstić information content (AvgIpc) is 3.13. The summed E-state index contributed by atoms with van der Waals surface area (Å²) in [6.45, 7) is -1.04. The number of nitrogens with one attached hydrogen (secondary N) is 1. The van der Waals surface area contributed by atoms with E-state index in [1.54, 1.807) is 0 Å². The second-order valence-corrected chi connectivity index (χ2v) is 9.05. The summed E-state index contributed by atoms with van der Waals surface area (Å²) >= 11 is 0. The summed E-state index contributed by atoms with van der Waals surface area (Å²) in [6, 6.07) is 5.37. The molecule has 14 heteroatoms. The molecule has 0 spiro atoms. The van der Waals surface area contributed by atoms with Crippen molar-refractivity contribution in [3.63, 3.8) is 0 Å². The summed E-state index contributed by atoms with van der Waals surface area (Å²) in [5, 5.41) is 32.9. The quantitative estimate of drug-likeness (QED) is 0.140. The number of ether oxygens (including phenoxy) is 1. The molecule has 0 fully saturated rings. The number of esters is 1. The number of rotatable bonds is 6. The summed E-state index contributed by atoms with van der Waals surface area (Å²) < 4.78 is 40.4. The molecule has 2 aromatic rings. The molecule has 2 aromatic carbocycles. The maximum Gasteiger partial charge on any atom is 0.337 e. The van der Waals surface area contributed by atoms with E-state index in [9.17, 15) is 47.5 Å². The monoisotopic (exact) mass is 517 g/mol. The van der Waals surface area contributed by atoms with Crippen LogP contribution in [0.1, 0.15) is 31.8 Å². The van der Waals surface area contributed by atoms with Gasteiger partial charge >= 0.3 is 5.97 Å². The predicted octanol–water partition coefficient (Wildman–Crippen LogP) is -0.549. The van der Waals surface area contributed by atoms with Gasteiger partial charge in [0.1, 0.15) is 26.5 Å². The minimum atomic E-state index is -5.63. The number of ketones is 2. The molecule has 1 amide bonds. The lowest BCUT2D eigenvalue weighted by Gasteiger charge is -2.25. The van der Waals surface area contributed by atoms with Crippen LogP contribution in [0, 0.1) is 0 Å². The first kappa shape index (κ1) is 24.8. The molecule has 0 radical (unpaired) electrons. The number of fused-ring (bicyclic) bond motifs is 2. The Labute approximate surface area is 203 Å². The second-order valence-electron chi connectivity index (χ2n) is 7.73. The number of phenols is 2. The molecule has 0 saturated carbocycles. The SMILES string of the molecule is COC(=O)C1=C(Nc2c(O)c(S(=O)(=O)[O-])c(O)c3c2C(=O)c2ccccc2C3=O)C(=O)N(CCO)C1. The van der Waals surface area contributed by atoms with Gasteiger partial charge in [-0.05, 0) is 0 Å². The molecular formula is C22H17N2O11S-. The summed E-state index contributed by atoms with van der Waals surface area (Å²) in [5.41, 5.74) is -3.68. The Morgan fingerprint density at radius 3 is 2.19 bits per heavy atom. The zero-order chi connectivity index (χ0) is 26.5. The first-order valence-corrected chi connectivity index (χ1v) is 11.6. The van der Waals surface area contributed by atoms with E-state index in [2.05, 4.69) is 10.1 Å². The van der Waals surface area contributed by atoms with Gasteiger partial charge in [-0.2, -0.15) is 0 Å².